The number of carbonyl (C=O) groups is 1. The molecule has 2 rings (SSSR count). The lowest BCUT2D eigenvalue weighted by Crippen LogP contribution is -2.17. The third-order valence-electron chi connectivity index (χ3n) is 2.81. The van der Waals surface area contributed by atoms with Crippen LogP contribution in [0.5, 0.6) is 0 Å². The zero-order valence-electron chi connectivity index (χ0n) is 10.7. The van der Waals surface area contributed by atoms with Gasteiger partial charge in [0.05, 0.1) is 5.51 Å². The number of carbonyl (C=O) groups excluding carboxylic acids is 1. The van der Waals surface area contributed by atoms with E-state index in [1.165, 1.54) is 0 Å². The summed E-state index contributed by atoms with van der Waals surface area (Å²) < 4.78 is 38.0. The Morgan fingerprint density at radius 1 is 1.25 bits per heavy atom. The fourth-order valence-corrected chi connectivity index (χ4v) is 2.32. The Hall–Kier alpha value is -1.89. The number of nitrogens with zero attached hydrogens (tertiary/aromatic N) is 1. The summed E-state index contributed by atoms with van der Waals surface area (Å²) in [5.74, 6) is -0.803. The molecule has 0 saturated heterocycles. The van der Waals surface area contributed by atoms with Crippen LogP contribution in [0.15, 0.2) is 23.7 Å². The summed E-state index contributed by atoms with van der Waals surface area (Å²) in [6.45, 7) is 3.77. The van der Waals surface area contributed by atoms with Gasteiger partial charge in [-0.3, -0.25) is 4.79 Å². The maximum absolute atomic E-state index is 12.7. The van der Waals surface area contributed by atoms with Gasteiger partial charge in [0.25, 0.3) is 5.91 Å². The van der Waals surface area contributed by atoms with Crippen LogP contribution in [0.25, 0.3) is 0 Å². The average molecular weight is 300 g/mol. The van der Waals surface area contributed by atoms with E-state index in [0.29, 0.717) is 17.0 Å². The molecule has 0 spiro atoms. The second-order valence-corrected chi connectivity index (χ2v) is 5.14. The number of nitrogens with one attached hydrogen (secondary N) is 1. The molecule has 1 amide bonds. The van der Waals surface area contributed by atoms with Crippen molar-refractivity contribution in [2.45, 2.75) is 20.0 Å². The van der Waals surface area contributed by atoms with E-state index in [-0.39, 0.29) is 0 Å². The molecule has 106 valence electrons. The number of rotatable bonds is 2. The van der Waals surface area contributed by atoms with Crippen molar-refractivity contribution in [1.82, 2.24) is 4.98 Å². The lowest BCUT2D eigenvalue weighted by Gasteiger charge is -2.09. The Morgan fingerprint density at radius 2 is 1.95 bits per heavy atom. The van der Waals surface area contributed by atoms with Gasteiger partial charge in [0.15, 0.2) is 5.69 Å². The molecule has 0 fully saturated rings. The third-order valence-corrected chi connectivity index (χ3v) is 3.63. The Kier molecular flexibility index (Phi) is 3.80. The molecule has 0 bridgehead atoms. The Bertz CT molecular complexity index is 649. The highest BCUT2D eigenvalue weighted by Crippen LogP contribution is 2.33. The molecule has 0 aliphatic heterocycles. The molecular weight excluding hydrogens is 289 g/mol. The summed E-state index contributed by atoms with van der Waals surface area (Å²) in [5.41, 5.74) is 2.31. The van der Waals surface area contributed by atoms with Crippen LogP contribution in [0.4, 0.5) is 18.9 Å². The quantitative estimate of drug-likeness (QED) is 0.909. The van der Waals surface area contributed by atoms with Crippen molar-refractivity contribution in [2.24, 2.45) is 0 Å². The molecule has 7 heteroatoms. The lowest BCUT2D eigenvalue weighted by molar-refractivity contribution is -0.141. The molecule has 0 saturated carbocycles. The number of anilines is 1. The van der Waals surface area contributed by atoms with Crippen molar-refractivity contribution in [3.63, 3.8) is 0 Å². The Balaban J connectivity index is 2.25. The predicted octanol–water partition coefficient (Wildman–Crippen LogP) is 4.03. The van der Waals surface area contributed by atoms with Crippen LogP contribution in [-0.4, -0.2) is 10.9 Å². The number of hydrogen-bond donors (Lipinski definition) is 1. The van der Waals surface area contributed by atoms with E-state index in [1.54, 1.807) is 18.2 Å². The summed E-state index contributed by atoms with van der Waals surface area (Å²) in [5, 5.41) is 2.46. The molecule has 1 aromatic carbocycles. The van der Waals surface area contributed by atoms with Gasteiger partial charge in [0, 0.05) is 5.69 Å². The molecule has 1 N–H and O–H groups in total. The van der Waals surface area contributed by atoms with E-state index in [9.17, 15) is 18.0 Å². The Labute approximate surface area is 117 Å². The van der Waals surface area contributed by atoms with Gasteiger partial charge in [-0.2, -0.15) is 13.2 Å². The minimum Gasteiger partial charge on any atom is -0.321 e. The topological polar surface area (TPSA) is 42.0 Å². The zero-order chi connectivity index (χ0) is 14.9. The van der Waals surface area contributed by atoms with Crippen LogP contribution in [0.2, 0.25) is 0 Å². The third kappa shape index (κ3) is 2.98. The molecule has 3 nitrogen and oxygen atoms in total. The van der Waals surface area contributed by atoms with Gasteiger partial charge in [0.2, 0.25) is 0 Å². The van der Waals surface area contributed by atoms with Gasteiger partial charge in [-0.15, -0.1) is 11.3 Å². The molecular formula is C13H11F3N2OS. The van der Waals surface area contributed by atoms with Crippen molar-refractivity contribution in [3.8, 4) is 0 Å². The van der Waals surface area contributed by atoms with E-state index < -0.39 is 22.7 Å². The summed E-state index contributed by atoms with van der Waals surface area (Å²) >= 11 is 0.668. The summed E-state index contributed by atoms with van der Waals surface area (Å²) in [7, 11) is 0. The van der Waals surface area contributed by atoms with Crippen LogP contribution in [0, 0.1) is 13.8 Å². The van der Waals surface area contributed by atoms with Crippen LogP contribution in [-0.2, 0) is 6.18 Å². The van der Waals surface area contributed by atoms with Crippen LogP contribution < -0.4 is 5.32 Å². The first-order valence-electron chi connectivity index (χ1n) is 5.68. The van der Waals surface area contributed by atoms with E-state index >= 15 is 0 Å². The minimum atomic E-state index is -4.63. The van der Waals surface area contributed by atoms with Crippen LogP contribution in [0.3, 0.4) is 0 Å². The second kappa shape index (κ2) is 5.24. The van der Waals surface area contributed by atoms with Gasteiger partial charge >= 0.3 is 6.18 Å². The van der Waals surface area contributed by atoms with Crippen molar-refractivity contribution in [1.29, 1.82) is 0 Å². The first-order chi connectivity index (χ1) is 9.29. The highest BCUT2D eigenvalue weighted by Gasteiger charge is 2.38. The monoisotopic (exact) mass is 300 g/mol. The first kappa shape index (κ1) is 14.5. The number of benzene rings is 1. The number of aromatic nitrogens is 1. The lowest BCUT2D eigenvalue weighted by atomic mass is 10.1. The highest BCUT2D eigenvalue weighted by molar-refractivity contribution is 7.12. The Morgan fingerprint density at radius 3 is 2.55 bits per heavy atom. The smallest absolute Gasteiger partial charge is 0.321 e. The molecule has 1 aromatic heterocycles. The summed E-state index contributed by atoms with van der Waals surface area (Å²) in [6.07, 6.45) is -4.63. The highest BCUT2D eigenvalue weighted by atomic mass is 32.1. The number of alkyl halides is 3. The van der Waals surface area contributed by atoms with Crippen LogP contribution in [0.1, 0.15) is 26.5 Å². The molecule has 0 aliphatic rings. The van der Waals surface area contributed by atoms with E-state index in [2.05, 4.69) is 10.3 Å². The second-order valence-electron chi connectivity index (χ2n) is 4.28. The van der Waals surface area contributed by atoms with E-state index in [4.69, 9.17) is 0 Å². The largest absolute Gasteiger partial charge is 0.434 e. The fraction of sp³-hybridized carbons (Fsp3) is 0.231. The SMILES string of the molecule is Cc1ccc(NC(=O)c2scnc2C(F)(F)F)cc1C. The van der Waals surface area contributed by atoms with Crippen LogP contribution >= 0.6 is 11.3 Å². The minimum absolute atomic E-state index is 0.435. The number of hydrogen-bond acceptors (Lipinski definition) is 3. The molecule has 20 heavy (non-hydrogen) atoms. The standard InChI is InChI=1S/C13H11F3N2OS/c1-7-3-4-9(5-8(7)2)18-12(19)10-11(13(14,15)16)17-6-20-10/h3-6H,1-2H3,(H,18,19). The number of aryl methyl sites for hydroxylation is 2. The maximum Gasteiger partial charge on any atom is 0.434 e. The number of amides is 1. The van der Waals surface area contributed by atoms with Gasteiger partial charge in [-0.25, -0.2) is 4.98 Å². The van der Waals surface area contributed by atoms with Crippen molar-refractivity contribution in [3.05, 3.63) is 45.4 Å². The van der Waals surface area contributed by atoms with E-state index in [0.717, 1.165) is 16.6 Å². The molecule has 2 aromatic rings. The maximum atomic E-state index is 12.7. The molecule has 0 aliphatic carbocycles. The van der Waals surface area contributed by atoms with Gasteiger partial charge < -0.3 is 5.32 Å². The van der Waals surface area contributed by atoms with Crippen molar-refractivity contribution < 1.29 is 18.0 Å². The number of thiazole rings is 1. The normalized spacial score (nSPS) is 11.4. The van der Waals surface area contributed by atoms with Gasteiger partial charge in [-0.05, 0) is 37.1 Å². The fourth-order valence-electron chi connectivity index (χ4n) is 1.62. The first-order valence-corrected chi connectivity index (χ1v) is 6.56. The molecule has 0 atom stereocenters. The van der Waals surface area contributed by atoms with Crippen molar-refractivity contribution >= 4 is 22.9 Å². The van der Waals surface area contributed by atoms with E-state index in [1.807, 2.05) is 13.8 Å². The summed E-state index contributed by atoms with van der Waals surface area (Å²) in [4.78, 5) is 14.7. The van der Waals surface area contributed by atoms with Gasteiger partial charge in [0.1, 0.15) is 4.88 Å². The number of halogens is 3. The molecule has 0 radical (unpaired) electrons. The van der Waals surface area contributed by atoms with Gasteiger partial charge in [-0.1, -0.05) is 6.07 Å². The average Bonchev–Trinajstić information content (AvgIpc) is 2.83. The molecule has 0 unspecified atom stereocenters. The molecule has 1 heterocycles. The predicted molar refractivity (Wildman–Crippen MR) is 71.0 cm³/mol. The van der Waals surface area contributed by atoms with Crippen molar-refractivity contribution in [2.75, 3.05) is 5.32 Å². The zero-order valence-corrected chi connectivity index (χ0v) is 11.5. The summed E-state index contributed by atoms with van der Waals surface area (Å²) in [6, 6.07) is 5.15.